The van der Waals surface area contributed by atoms with E-state index in [1.54, 1.807) is 6.07 Å². The number of carbonyl (C=O) groups is 1. The number of amides is 1. The predicted molar refractivity (Wildman–Crippen MR) is 96.7 cm³/mol. The molecule has 1 atom stereocenters. The van der Waals surface area contributed by atoms with Crippen molar-refractivity contribution in [2.45, 2.75) is 17.4 Å². The Labute approximate surface area is 161 Å². The molecule has 0 fully saturated rings. The number of non-ortho nitro benzene ring substituents is 1. The Balaban J connectivity index is 1.70. The van der Waals surface area contributed by atoms with Crippen LogP contribution in [0.5, 0.6) is 0 Å². The number of nitrogens with zero attached hydrogens (tertiary/aromatic N) is 3. The van der Waals surface area contributed by atoms with Crippen molar-refractivity contribution in [2.24, 2.45) is 0 Å². The monoisotopic (exact) mass is 406 g/mol. The van der Waals surface area contributed by atoms with Crippen LogP contribution in [0.4, 0.5) is 20.2 Å². The number of benzene rings is 2. The quantitative estimate of drug-likeness (QED) is 0.373. The van der Waals surface area contributed by atoms with Gasteiger partial charge in [-0.3, -0.25) is 14.9 Å². The Bertz CT molecular complexity index is 1020. The molecule has 0 saturated carbocycles. The SMILES string of the molecule is C[C@H](Sc1nnc(-c2cccc([N+](=O)[O-])c2)o1)C(=O)Nc1c(F)cccc1F. The van der Waals surface area contributed by atoms with Crippen LogP contribution in [0.25, 0.3) is 11.5 Å². The molecular weight excluding hydrogens is 394 g/mol. The lowest BCUT2D eigenvalue weighted by Gasteiger charge is -2.11. The van der Waals surface area contributed by atoms with E-state index >= 15 is 0 Å². The largest absolute Gasteiger partial charge is 0.411 e. The van der Waals surface area contributed by atoms with Gasteiger partial charge >= 0.3 is 0 Å². The van der Waals surface area contributed by atoms with Crippen molar-refractivity contribution in [1.82, 2.24) is 10.2 Å². The van der Waals surface area contributed by atoms with E-state index in [1.165, 1.54) is 31.2 Å². The fourth-order valence-corrected chi connectivity index (χ4v) is 2.86. The van der Waals surface area contributed by atoms with Gasteiger partial charge in [0.15, 0.2) is 0 Å². The summed E-state index contributed by atoms with van der Waals surface area (Å²) in [6, 6.07) is 8.88. The van der Waals surface area contributed by atoms with Gasteiger partial charge in [0.25, 0.3) is 10.9 Å². The molecule has 0 radical (unpaired) electrons. The number of aromatic nitrogens is 2. The highest BCUT2D eigenvalue weighted by Gasteiger charge is 2.21. The van der Waals surface area contributed by atoms with E-state index in [0.29, 0.717) is 5.56 Å². The molecule has 1 heterocycles. The number of para-hydroxylation sites is 1. The van der Waals surface area contributed by atoms with E-state index in [-0.39, 0.29) is 16.8 Å². The number of nitro groups is 1. The molecule has 1 amide bonds. The van der Waals surface area contributed by atoms with Crippen LogP contribution >= 0.6 is 11.8 Å². The second-order valence-electron chi connectivity index (χ2n) is 5.53. The third-order valence-corrected chi connectivity index (χ3v) is 4.50. The molecule has 3 rings (SSSR count). The summed E-state index contributed by atoms with van der Waals surface area (Å²) >= 11 is 0.878. The highest BCUT2D eigenvalue weighted by Crippen LogP contribution is 2.28. The van der Waals surface area contributed by atoms with Crippen LogP contribution < -0.4 is 5.32 Å². The standard InChI is InChI=1S/C17H12F2N4O4S/c1-9(15(24)20-14-12(18)6-3-7-13(14)19)28-17-22-21-16(27-17)10-4-2-5-11(8-10)23(25)26/h2-9H,1H3,(H,20,24)/t9-/m0/s1. The Morgan fingerprint density at radius 2 is 1.89 bits per heavy atom. The first kappa shape index (κ1) is 19.4. The minimum atomic E-state index is -0.892. The zero-order valence-electron chi connectivity index (χ0n) is 14.3. The van der Waals surface area contributed by atoms with E-state index in [1.807, 2.05) is 0 Å². The van der Waals surface area contributed by atoms with Gasteiger partial charge in [-0.05, 0) is 25.1 Å². The summed E-state index contributed by atoms with van der Waals surface area (Å²) in [6.07, 6.45) is 0. The number of rotatable bonds is 6. The molecule has 8 nitrogen and oxygen atoms in total. The number of nitro benzene ring substituents is 1. The summed E-state index contributed by atoms with van der Waals surface area (Å²) < 4.78 is 32.7. The molecule has 3 aromatic rings. The number of thioether (sulfide) groups is 1. The number of hydrogen-bond acceptors (Lipinski definition) is 7. The van der Waals surface area contributed by atoms with Crippen molar-refractivity contribution in [2.75, 3.05) is 5.32 Å². The van der Waals surface area contributed by atoms with Crippen LogP contribution in [0.2, 0.25) is 0 Å². The average molecular weight is 406 g/mol. The fourth-order valence-electron chi connectivity index (χ4n) is 2.17. The highest BCUT2D eigenvalue weighted by atomic mass is 32.2. The summed E-state index contributed by atoms with van der Waals surface area (Å²) in [5, 5.41) is 19.8. The molecule has 0 aliphatic carbocycles. The van der Waals surface area contributed by atoms with Gasteiger partial charge in [0.05, 0.1) is 10.2 Å². The summed E-state index contributed by atoms with van der Waals surface area (Å²) in [5.41, 5.74) is -0.327. The highest BCUT2D eigenvalue weighted by molar-refractivity contribution is 8.00. The minimum Gasteiger partial charge on any atom is -0.411 e. The second kappa shape index (κ2) is 8.13. The van der Waals surface area contributed by atoms with Crippen molar-refractivity contribution in [3.05, 3.63) is 64.2 Å². The molecule has 144 valence electrons. The Morgan fingerprint density at radius 3 is 2.57 bits per heavy atom. The first-order chi connectivity index (χ1) is 13.3. The van der Waals surface area contributed by atoms with Crippen LogP contribution in [0.15, 0.2) is 52.1 Å². The van der Waals surface area contributed by atoms with E-state index < -0.39 is 33.4 Å². The van der Waals surface area contributed by atoms with Gasteiger partial charge in [0.2, 0.25) is 11.8 Å². The fraction of sp³-hybridized carbons (Fsp3) is 0.118. The molecule has 11 heteroatoms. The lowest BCUT2D eigenvalue weighted by atomic mass is 10.2. The molecule has 28 heavy (non-hydrogen) atoms. The van der Waals surface area contributed by atoms with Gasteiger partial charge in [0, 0.05) is 17.7 Å². The van der Waals surface area contributed by atoms with Crippen LogP contribution in [-0.2, 0) is 4.79 Å². The summed E-state index contributed by atoms with van der Waals surface area (Å²) in [4.78, 5) is 22.5. The van der Waals surface area contributed by atoms with Gasteiger partial charge < -0.3 is 9.73 Å². The average Bonchev–Trinajstić information content (AvgIpc) is 3.13. The zero-order chi connectivity index (χ0) is 20.3. The molecule has 0 aliphatic rings. The van der Waals surface area contributed by atoms with Crippen LogP contribution in [0.1, 0.15) is 6.92 Å². The first-order valence-corrected chi connectivity index (χ1v) is 8.73. The Kier molecular flexibility index (Phi) is 5.64. The van der Waals surface area contributed by atoms with Gasteiger partial charge in [0.1, 0.15) is 17.3 Å². The lowest BCUT2D eigenvalue weighted by molar-refractivity contribution is -0.384. The van der Waals surface area contributed by atoms with Crippen molar-refractivity contribution < 1.29 is 22.9 Å². The van der Waals surface area contributed by atoms with Gasteiger partial charge in [-0.15, -0.1) is 10.2 Å². The maximum atomic E-state index is 13.6. The van der Waals surface area contributed by atoms with Gasteiger partial charge in [-0.25, -0.2) is 8.78 Å². The maximum absolute atomic E-state index is 13.6. The van der Waals surface area contributed by atoms with E-state index in [2.05, 4.69) is 15.5 Å². The maximum Gasteiger partial charge on any atom is 0.277 e. The van der Waals surface area contributed by atoms with Gasteiger partial charge in [-0.2, -0.15) is 0 Å². The van der Waals surface area contributed by atoms with Crippen molar-refractivity contribution in [3.63, 3.8) is 0 Å². The number of carbonyl (C=O) groups excluding carboxylic acids is 1. The van der Waals surface area contributed by atoms with E-state index in [9.17, 15) is 23.7 Å². The molecule has 1 N–H and O–H groups in total. The molecule has 1 aromatic heterocycles. The number of hydrogen-bond donors (Lipinski definition) is 1. The zero-order valence-corrected chi connectivity index (χ0v) is 15.1. The summed E-state index contributed by atoms with van der Waals surface area (Å²) in [7, 11) is 0. The lowest BCUT2D eigenvalue weighted by Crippen LogP contribution is -2.23. The van der Waals surface area contributed by atoms with Crippen molar-refractivity contribution in [1.29, 1.82) is 0 Å². The Morgan fingerprint density at radius 1 is 1.21 bits per heavy atom. The molecule has 2 aromatic carbocycles. The van der Waals surface area contributed by atoms with Crippen molar-refractivity contribution >= 4 is 29.0 Å². The summed E-state index contributed by atoms with van der Waals surface area (Å²) in [5.74, 6) is -2.41. The third kappa shape index (κ3) is 4.31. The summed E-state index contributed by atoms with van der Waals surface area (Å²) in [6.45, 7) is 1.50. The molecule has 0 unspecified atom stereocenters. The molecule has 0 saturated heterocycles. The Hall–Kier alpha value is -3.34. The molecule has 0 aliphatic heterocycles. The van der Waals surface area contributed by atoms with Crippen LogP contribution in [-0.4, -0.2) is 26.3 Å². The van der Waals surface area contributed by atoms with Crippen LogP contribution in [0.3, 0.4) is 0 Å². The number of anilines is 1. The number of halogens is 2. The van der Waals surface area contributed by atoms with E-state index in [0.717, 1.165) is 23.9 Å². The smallest absolute Gasteiger partial charge is 0.277 e. The van der Waals surface area contributed by atoms with E-state index in [4.69, 9.17) is 4.42 Å². The van der Waals surface area contributed by atoms with Crippen LogP contribution in [0, 0.1) is 21.7 Å². The van der Waals surface area contributed by atoms with Crippen molar-refractivity contribution in [3.8, 4) is 11.5 Å². The molecule has 0 spiro atoms. The molecule has 0 bridgehead atoms. The normalized spacial score (nSPS) is 11.8. The minimum absolute atomic E-state index is 0.0261. The first-order valence-electron chi connectivity index (χ1n) is 7.85. The predicted octanol–water partition coefficient (Wildman–Crippen LogP) is 4.04. The topological polar surface area (TPSA) is 111 Å². The second-order valence-corrected chi connectivity index (χ2v) is 6.82. The number of nitrogens with one attached hydrogen (secondary N) is 1. The third-order valence-electron chi connectivity index (χ3n) is 3.57. The van der Waals surface area contributed by atoms with Gasteiger partial charge in [-0.1, -0.05) is 23.9 Å². The molecular formula is C17H12F2N4O4S.